The summed E-state index contributed by atoms with van der Waals surface area (Å²) >= 11 is 0. The van der Waals surface area contributed by atoms with Gasteiger partial charge in [0.15, 0.2) is 0 Å². The minimum atomic E-state index is -0.708. The maximum absolute atomic E-state index is 11.7. The van der Waals surface area contributed by atoms with Crippen LogP contribution in [-0.4, -0.2) is 35.0 Å². The van der Waals surface area contributed by atoms with Gasteiger partial charge in [0, 0.05) is 12.0 Å². The Morgan fingerprint density at radius 1 is 1.53 bits per heavy atom. The first-order valence-electron chi connectivity index (χ1n) is 6.84. The highest BCUT2D eigenvalue weighted by molar-refractivity contribution is 5.91. The normalized spacial score (nSPS) is 45.9. The summed E-state index contributed by atoms with van der Waals surface area (Å²) in [4.78, 5) is 11.7. The van der Waals surface area contributed by atoms with Crippen LogP contribution in [0.5, 0.6) is 0 Å². The van der Waals surface area contributed by atoms with E-state index < -0.39 is 6.10 Å². The van der Waals surface area contributed by atoms with E-state index in [0.717, 1.165) is 12.8 Å². The monoisotopic (exact) mass is 264 g/mol. The van der Waals surface area contributed by atoms with Crippen LogP contribution in [0.25, 0.3) is 0 Å². The highest BCUT2D eigenvalue weighted by Crippen LogP contribution is 2.48. The molecular formula is C15H20O4. The van der Waals surface area contributed by atoms with E-state index in [-0.39, 0.29) is 29.7 Å². The number of carbonyl (C=O) groups excluding carboxylic acids is 1. The molecule has 1 N–H and O–H groups in total. The summed E-state index contributed by atoms with van der Waals surface area (Å²) in [5.74, 6) is -0.732. The van der Waals surface area contributed by atoms with Crippen molar-refractivity contribution in [3.63, 3.8) is 0 Å². The molecule has 2 fully saturated rings. The summed E-state index contributed by atoms with van der Waals surface area (Å²) in [5, 5.41) is 10.5. The molecule has 5 atom stereocenters. The zero-order valence-corrected chi connectivity index (χ0v) is 11.4. The van der Waals surface area contributed by atoms with Crippen LogP contribution in [0.1, 0.15) is 33.1 Å². The molecule has 0 aromatic heterocycles. The van der Waals surface area contributed by atoms with E-state index in [1.54, 1.807) is 0 Å². The van der Waals surface area contributed by atoms with E-state index in [4.69, 9.17) is 9.47 Å². The number of hydrogen-bond donors (Lipinski definition) is 1. The highest BCUT2D eigenvalue weighted by Gasteiger charge is 2.60. The predicted molar refractivity (Wildman–Crippen MR) is 69.4 cm³/mol. The van der Waals surface area contributed by atoms with Crippen molar-refractivity contribution in [2.45, 2.75) is 57.0 Å². The smallest absolute Gasteiger partial charge is 0.334 e. The zero-order valence-electron chi connectivity index (χ0n) is 11.4. The number of fused-ring (bicyclic) bond motifs is 2. The third-order valence-corrected chi connectivity index (χ3v) is 4.60. The minimum absolute atomic E-state index is 0.210. The molecule has 3 rings (SSSR count). The molecule has 1 aliphatic carbocycles. The van der Waals surface area contributed by atoms with Gasteiger partial charge in [-0.15, -0.1) is 0 Å². The van der Waals surface area contributed by atoms with E-state index in [2.05, 4.69) is 12.7 Å². The van der Waals surface area contributed by atoms with Crippen molar-refractivity contribution >= 4 is 5.97 Å². The number of esters is 1. The van der Waals surface area contributed by atoms with Crippen LogP contribution in [0.4, 0.5) is 0 Å². The van der Waals surface area contributed by atoms with Gasteiger partial charge in [0.2, 0.25) is 0 Å². The Labute approximate surface area is 113 Å². The Morgan fingerprint density at radius 3 is 3.00 bits per heavy atom. The van der Waals surface area contributed by atoms with Crippen molar-refractivity contribution in [3.05, 3.63) is 23.8 Å². The van der Waals surface area contributed by atoms with Crippen molar-refractivity contribution in [1.82, 2.24) is 0 Å². The molecule has 104 valence electrons. The van der Waals surface area contributed by atoms with Gasteiger partial charge in [-0.2, -0.15) is 0 Å². The van der Waals surface area contributed by atoms with E-state index >= 15 is 0 Å². The lowest BCUT2D eigenvalue weighted by atomic mass is 9.82. The number of rotatable bonds is 0. The zero-order chi connectivity index (χ0) is 13.8. The summed E-state index contributed by atoms with van der Waals surface area (Å²) in [6.45, 7) is 7.84. The molecule has 0 aromatic carbocycles. The van der Waals surface area contributed by atoms with Crippen molar-refractivity contribution in [2.75, 3.05) is 0 Å². The predicted octanol–water partition coefficient (Wildman–Crippen LogP) is 1.73. The number of carbonyl (C=O) groups is 1. The highest BCUT2D eigenvalue weighted by atomic mass is 16.6. The maximum atomic E-state index is 11.7. The molecule has 4 nitrogen and oxygen atoms in total. The van der Waals surface area contributed by atoms with Gasteiger partial charge in [-0.25, -0.2) is 4.79 Å². The number of ether oxygens (including phenoxy) is 2. The van der Waals surface area contributed by atoms with Gasteiger partial charge in [0.1, 0.15) is 12.2 Å². The standard InChI is InChI=1S/C15H20O4/c1-8-5-4-6-15(3)13(19-15)12(16)11-9(2)14(17)18-10(11)7-8/h5,10-13,16H,2,4,6-7H2,1,3H3. The van der Waals surface area contributed by atoms with Gasteiger partial charge in [0.05, 0.1) is 17.6 Å². The summed E-state index contributed by atoms with van der Waals surface area (Å²) < 4.78 is 11.0. The maximum Gasteiger partial charge on any atom is 0.334 e. The Balaban J connectivity index is 1.92. The molecular weight excluding hydrogens is 244 g/mol. The third-order valence-electron chi connectivity index (χ3n) is 4.60. The number of allylic oxidation sites excluding steroid dienone is 1. The molecule has 0 radical (unpaired) electrons. The fourth-order valence-corrected chi connectivity index (χ4v) is 3.32. The van der Waals surface area contributed by atoms with Crippen LogP contribution in [0.2, 0.25) is 0 Å². The number of epoxide rings is 1. The molecule has 0 bridgehead atoms. The molecule has 4 heteroatoms. The average Bonchev–Trinajstić information content (AvgIpc) is 2.92. The largest absolute Gasteiger partial charge is 0.458 e. The first-order valence-corrected chi connectivity index (χ1v) is 6.84. The van der Waals surface area contributed by atoms with Crippen LogP contribution in [0.15, 0.2) is 23.8 Å². The Morgan fingerprint density at radius 2 is 2.26 bits per heavy atom. The summed E-state index contributed by atoms with van der Waals surface area (Å²) in [6, 6.07) is 0. The van der Waals surface area contributed by atoms with Gasteiger partial charge < -0.3 is 14.6 Å². The van der Waals surface area contributed by atoms with Crippen molar-refractivity contribution in [2.24, 2.45) is 5.92 Å². The number of aliphatic hydroxyl groups excluding tert-OH is 1. The minimum Gasteiger partial charge on any atom is -0.458 e. The fraction of sp³-hybridized carbons (Fsp3) is 0.667. The second-order valence-electron chi connectivity index (χ2n) is 6.13. The molecule has 0 aromatic rings. The van der Waals surface area contributed by atoms with Crippen LogP contribution < -0.4 is 0 Å². The topological polar surface area (TPSA) is 59.1 Å². The molecule has 0 amide bonds. The van der Waals surface area contributed by atoms with Crippen molar-refractivity contribution in [3.8, 4) is 0 Å². The SMILES string of the molecule is C=C1C(=O)OC2CC(C)=CCCC3(C)OC3C(O)C12. The van der Waals surface area contributed by atoms with E-state index in [9.17, 15) is 9.90 Å². The molecule has 2 heterocycles. The van der Waals surface area contributed by atoms with E-state index in [1.807, 2.05) is 13.8 Å². The molecule has 2 aliphatic heterocycles. The quantitative estimate of drug-likeness (QED) is 0.313. The second kappa shape index (κ2) is 4.18. The Bertz CT molecular complexity index is 467. The van der Waals surface area contributed by atoms with E-state index in [1.165, 1.54) is 5.57 Å². The van der Waals surface area contributed by atoms with Gasteiger partial charge in [-0.1, -0.05) is 18.2 Å². The van der Waals surface area contributed by atoms with Gasteiger partial charge in [-0.3, -0.25) is 0 Å². The van der Waals surface area contributed by atoms with Crippen LogP contribution in [0.3, 0.4) is 0 Å². The van der Waals surface area contributed by atoms with Crippen LogP contribution in [-0.2, 0) is 14.3 Å². The van der Waals surface area contributed by atoms with Gasteiger partial charge in [0.25, 0.3) is 0 Å². The molecule has 0 saturated carbocycles. The Hall–Kier alpha value is -1.13. The van der Waals surface area contributed by atoms with Crippen molar-refractivity contribution in [1.29, 1.82) is 0 Å². The molecule has 0 spiro atoms. The summed E-state index contributed by atoms with van der Waals surface area (Å²) in [7, 11) is 0. The number of hydrogen-bond acceptors (Lipinski definition) is 4. The fourth-order valence-electron chi connectivity index (χ4n) is 3.32. The lowest BCUT2D eigenvalue weighted by Crippen LogP contribution is -2.36. The second-order valence-corrected chi connectivity index (χ2v) is 6.13. The van der Waals surface area contributed by atoms with Crippen LogP contribution in [0, 0.1) is 5.92 Å². The molecule has 19 heavy (non-hydrogen) atoms. The average molecular weight is 264 g/mol. The van der Waals surface area contributed by atoms with Crippen LogP contribution >= 0.6 is 0 Å². The third kappa shape index (κ3) is 2.03. The van der Waals surface area contributed by atoms with Crippen molar-refractivity contribution < 1.29 is 19.4 Å². The molecule has 3 aliphatic rings. The first-order chi connectivity index (χ1) is 8.92. The van der Waals surface area contributed by atoms with Gasteiger partial charge >= 0.3 is 5.97 Å². The summed E-state index contributed by atoms with van der Waals surface area (Å²) in [5.41, 5.74) is 1.29. The summed E-state index contributed by atoms with van der Waals surface area (Å²) in [6.07, 6.45) is 3.43. The lowest BCUT2D eigenvalue weighted by molar-refractivity contribution is -0.139. The number of aliphatic hydroxyl groups is 1. The van der Waals surface area contributed by atoms with E-state index in [0.29, 0.717) is 12.0 Å². The van der Waals surface area contributed by atoms with Gasteiger partial charge in [-0.05, 0) is 26.7 Å². The Kier molecular flexibility index (Phi) is 2.84. The first kappa shape index (κ1) is 12.9. The molecule has 2 saturated heterocycles. The lowest BCUT2D eigenvalue weighted by Gasteiger charge is -2.24. The molecule has 5 unspecified atom stereocenters.